The first-order valence-electron chi connectivity index (χ1n) is 11.7. The molecule has 1 aliphatic heterocycles. The van der Waals surface area contributed by atoms with Crippen LogP contribution in [-0.4, -0.2) is 61.8 Å². The number of benzene rings is 1. The molecule has 1 fully saturated rings. The summed E-state index contributed by atoms with van der Waals surface area (Å²) in [5.41, 5.74) is 6.02. The number of carbonyl (C=O) groups is 2. The molecule has 1 aromatic heterocycles. The number of fused-ring (bicyclic) bond motifs is 1. The van der Waals surface area contributed by atoms with Crippen molar-refractivity contribution in [1.82, 2.24) is 15.6 Å². The van der Waals surface area contributed by atoms with Crippen LogP contribution in [0.5, 0.6) is 0 Å². The van der Waals surface area contributed by atoms with Gasteiger partial charge < -0.3 is 14.5 Å². The molecule has 1 saturated heterocycles. The molecule has 1 aromatic carbocycles. The summed E-state index contributed by atoms with van der Waals surface area (Å²) in [5, 5.41) is 7.37. The van der Waals surface area contributed by atoms with E-state index < -0.39 is 0 Å². The number of nitrogens with zero attached hydrogens (tertiary/aromatic N) is 2. The number of nitrogens with one attached hydrogen (secondary N) is 2. The summed E-state index contributed by atoms with van der Waals surface area (Å²) in [6, 6.07) is 9.57. The highest BCUT2D eigenvalue weighted by atomic mass is 16.5. The Kier molecular flexibility index (Phi) is 7.91. The first-order valence-corrected chi connectivity index (χ1v) is 11.7. The van der Waals surface area contributed by atoms with E-state index in [1.54, 1.807) is 0 Å². The van der Waals surface area contributed by atoms with Crippen LogP contribution in [0.2, 0.25) is 0 Å². The molecule has 0 atom stereocenters. The van der Waals surface area contributed by atoms with Gasteiger partial charge in [-0.05, 0) is 38.3 Å². The number of hydrazone groups is 1. The summed E-state index contributed by atoms with van der Waals surface area (Å²) in [5.74, 6) is 0.751. The number of amides is 2. The summed E-state index contributed by atoms with van der Waals surface area (Å²) in [4.78, 5) is 27.4. The van der Waals surface area contributed by atoms with Crippen molar-refractivity contribution in [2.24, 2.45) is 5.10 Å². The number of aryl methyl sites for hydroxylation is 1. The van der Waals surface area contributed by atoms with Gasteiger partial charge in [0.2, 0.25) is 5.91 Å². The first-order chi connectivity index (χ1) is 16.1. The lowest BCUT2D eigenvalue weighted by Gasteiger charge is -2.26. The Morgan fingerprint density at radius 3 is 2.70 bits per heavy atom. The topological polar surface area (TPSA) is 96.2 Å². The molecule has 2 heterocycles. The van der Waals surface area contributed by atoms with Crippen molar-refractivity contribution in [2.75, 3.05) is 39.4 Å². The lowest BCUT2D eigenvalue weighted by atomic mass is 9.93. The number of hydrogen-bond acceptors (Lipinski definition) is 6. The Bertz CT molecular complexity index is 993. The van der Waals surface area contributed by atoms with Gasteiger partial charge in [0.15, 0.2) is 5.76 Å². The van der Waals surface area contributed by atoms with Gasteiger partial charge in [0.05, 0.1) is 25.3 Å². The second kappa shape index (κ2) is 11.2. The molecule has 4 rings (SSSR count). The molecular formula is C25H32N4O4. The minimum Gasteiger partial charge on any atom is -0.455 e. The van der Waals surface area contributed by atoms with Gasteiger partial charge in [-0.15, -0.1) is 0 Å². The monoisotopic (exact) mass is 452 g/mol. The predicted molar refractivity (Wildman–Crippen MR) is 125 cm³/mol. The molecule has 2 N–H and O–H groups in total. The molecule has 0 unspecified atom stereocenters. The quantitative estimate of drug-likeness (QED) is 0.474. The molecule has 2 aliphatic rings. The molecule has 1 aliphatic carbocycles. The Hall–Kier alpha value is -2.97. The fourth-order valence-corrected chi connectivity index (χ4v) is 4.36. The van der Waals surface area contributed by atoms with Gasteiger partial charge >= 0.3 is 0 Å². The van der Waals surface area contributed by atoms with Crippen LogP contribution in [-0.2, 0) is 22.4 Å². The molecule has 176 valence electrons. The van der Waals surface area contributed by atoms with Crippen LogP contribution < -0.4 is 10.7 Å². The van der Waals surface area contributed by atoms with Crippen LogP contribution in [0.15, 0.2) is 39.9 Å². The van der Waals surface area contributed by atoms with E-state index in [2.05, 4.69) is 20.7 Å². The average molecular weight is 453 g/mol. The Balaban J connectivity index is 1.34. The van der Waals surface area contributed by atoms with Gasteiger partial charge in [-0.25, -0.2) is 5.43 Å². The molecule has 33 heavy (non-hydrogen) atoms. The van der Waals surface area contributed by atoms with Crippen molar-refractivity contribution in [3.63, 3.8) is 0 Å². The maximum absolute atomic E-state index is 12.8. The van der Waals surface area contributed by atoms with E-state index in [-0.39, 0.29) is 18.2 Å². The number of hydrogen-bond donors (Lipinski definition) is 2. The maximum atomic E-state index is 12.8. The summed E-state index contributed by atoms with van der Waals surface area (Å²) in [6.07, 6.45) is 3.52. The highest BCUT2D eigenvalue weighted by Crippen LogP contribution is 2.29. The number of furan rings is 1. The van der Waals surface area contributed by atoms with Crippen molar-refractivity contribution in [3.05, 3.63) is 58.5 Å². The van der Waals surface area contributed by atoms with E-state index >= 15 is 0 Å². The highest BCUT2D eigenvalue weighted by molar-refractivity contribution is 6.06. The molecule has 2 amide bonds. The lowest BCUT2D eigenvalue weighted by molar-refractivity contribution is -0.120. The number of rotatable bonds is 8. The van der Waals surface area contributed by atoms with Gasteiger partial charge in [-0.3, -0.25) is 14.5 Å². The van der Waals surface area contributed by atoms with E-state index in [0.29, 0.717) is 12.3 Å². The summed E-state index contributed by atoms with van der Waals surface area (Å²) < 4.78 is 11.3. The van der Waals surface area contributed by atoms with Crippen molar-refractivity contribution in [1.29, 1.82) is 0 Å². The zero-order valence-electron chi connectivity index (χ0n) is 19.2. The zero-order valence-corrected chi connectivity index (χ0v) is 19.2. The van der Waals surface area contributed by atoms with Crippen LogP contribution in [0, 0.1) is 6.92 Å². The fourth-order valence-electron chi connectivity index (χ4n) is 4.36. The lowest BCUT2D eigenvalue weighted by Crippen LogP contribution is -2.38. The third-order valence-corrected chi connectivity index (χ3v) is 6.10. The van der Waals surface area contributed by atoms with Gasteiger partial charge in [0.25, 0.3) is 5.91 Å². The van der Waals surface area contributed by atoms with E-state index in [1.807, 2.05) is 37.3 Å². The Morgan fingerprint density at radius 1 is 1.12 bits per heavy atom. The maximum Gasteiger partial charge on any atom is 0.287 e. The van der Waals surface area contributed by atoms with Gasteiger partial charge in [-0.2, -0.15) is 5.10 Å². The van der Waals surface area contributed by atoms with Crippen molar-refractivity contribution in [3.8, 4) is 0 Å². The predicted octanol–water partition coefficient (Wildman–Crippen LogP) is 2.44. The molecule has 2 aromatic rings. The Labute approximate surface area is 194 Å². The van der Waals surface area contributed by atoms with Crippen molar-refractivity contribution < 1.29 is 18.7 Å². The fraction of sp³-hybridized carbons (Fsp3) is 0.480. The molecule has 0 radical (unpaired) electrons. The average Bonchev–Trinajstić information content (AvgIpc) is 3.19. The number of ether oxygens (including phenoxy) is 1. The van der Waals surface area contributed by atoms with Crippen LogP contribution in [0.3, 0.4) is 0 Å². The molecule has 0 saturated carbocycles. The van der Waals surface area contributed by atoms with Crippen LogP contribution >= 0.6 is 0 Å². The van der Waals surface area contributed by atoms with Crippen LogP contribution in [0.4, 0.5) is 0 Å². The van der Waals surface area contributed by atoms with Gasteiger partial charge in [0, 0.05) is 37.2 Å². The third kappa shape index (κ3) is 6.09. The molecule has 0 bridgehead atoms. The van der Waals surface area contributed by atoms with E-state index in [0.717, 1.165) is 86.7 Å². The summed E-state index contributed by atoms with van der Waals surface area (Å²) >= 11 is 0. The summed E-state index contributed by atoms with van der Waals surface area (Å²) in [7, 11) is 0. The van der Waals surface area contributed by atoms with E-state index in [9.17, 15) is 9.59 Å². The Morgan fingerprint density at radius 2 is 1.91 bits per heavy atom. The number of morpholine rings is 1. The highest BCUT2D eigenvalue weighted by Gasteiger charge is 2.28. The van der Waals surface area contributed by atoms with Crippen LogP contribution in [0.1, 0.15) is 52.3 Å². The van der Waals surface area contributed by atoms with Gasteiger partial charge in [0.1, 0.15) is 5.76 Å². The molecule has 8 heteroatoms. The molecule has 8 nitrogen and oxygen atoms in total. The van der Waals surface area contributed by atoms with Crippen molar-refractivity contribution >= 4 is 17.5 Å². The van der Waals surface area contributed by atoms with Crippen molar-refractivity contribution in [2.45, 2.75) is 39.0 Å². The smallest absolute Gasteiger partial charge is 0.287 e. The van der Waals surface area contributed by atoms with E-state index in [1.165, 1.54) is 0 Å². The molecule has 0 spiro atoms. The van der Waals surface area contributed by atoms with Crippen LogP contribution in [0.25, 0.3) is 0 Å². The first kappa shape index (κ1) is 23.2. The standard InChI is InChI=1S/C25H32N4O4/c1-18-23-20(27-28-22(30)17-19-7-3-2-4-8-19)9-5-10-21(23)33-24(18)25(31)26-11-6-12-29-13-15-32-16-14-29/h2-4,7-8H,5-6,9-17H2,1H3,(H,26,31)(H,28,30)/b27-20+. The zero-order chi connectivity index (χ0) is 23.0. The minimum atomic E-state index is -0.198. The third-order valence-electron chi connectivity index (χ3n) is 6.10. The van der Waals surface area contributed by atoms with E-state index in [4.69, 9.17) is 9.15 Å². The second-order valence-corrected chi connectivity index (χ2v) is 8.53. The molecular weight excluding hydrogens is 420 g/mol. The minimum absolute atomic E-state index is 0.166. The SMILES string of the molecule is Cc1c(C(=O)NCCCN2CCOCC2)oc2c1/C(=N/NC(=O)Cc1ccccc1)CCC2. The van der Waals surface area contributed by atoms with Gasteiger partial charge in [-0.1, -0.05) is 30.3 Å². The second-order valence-electron chi connectivity index (χ2n) is 8.53. The largest absolute Gasteiger partial charge is 0.455 e. The normalized spacial score (nSPS) is 17.5. The number of carbonyl (C=O) groups excluding carboxylic acids is 2. The summed E-state index contributed by atoms with van der Waals surface area (Å²) in [6.45, 7) is 6.87.